The van der Waals surface area contributed by atoms with Crippen LogP contribution in [0.15, 0.2) is 48.5 Å². The van der Waals surface area contributed by atoms with Gasteiger partial charge in [0.05, 0.1) is 12.2 Å². The molecule has 3 heteroatoms. The van der Waals surface area contributed by atoms with Crippen LogP contribution in [0.25, 0.3) is 11.1 Å². The van der Waals surface area contributed by atoms with Crippen LogP contribution in [0.3, 0.4) is 0 Å². The van der Waals surface area contributed by atoms with Gasteiger partial charge in [0.2, 0.25) is 0 Å². The van der Waals surface area contributed by atoms with Gasteiger partial charge in [-0.05, 0) is 30.2 Å². The van der Waals surface area contributed by atoms with Crippen molar-refractivity contribution in [3.05, 3.63) is 54.1 Å². The molecule has 92 valence electrons. The third-order valence-electron chi connectivity index (χ3n) is 2.65. The van der Waals surface area contributed by atoms with Crippen molar-refractivity contribution in [3.63, 3.8) is 0 Å². The van der Waals surface area contributed by atoms with Crippen molar-refractivity contribution in [1.82, 2.24) is 0 Å². The van der Waals surface area contributed by atoms with Crippen LogP contribution in [0.2, 0.25) is 0 Å². The Balaban J connectivity index is 2.34. The molecule has 0 bridgehead atoms. The van der Waals surface area contributed by atoms with E-state index < -0.39 is 0 Å². The molecule has 0 atom stereocenters. The normalized spacial score (nSPS) is 10.1. The first kappa shape index (κ1) is 12.2. The minimum Gasteiger partial charge on any atom is -0.462 e. The van der Waals surface area contributed by atoms with E-state index >= 15 is 0 Å². The lowest BCUT2D eigenvalue weighted by Crippen LogP contribution is -2.07. The molecule has 0 fully saturated rings. The van der Waals surface area contributed by atoms with Crippen molar-refractivity contribution in [2.24, 2.45) is 0 Å². The van der Waals surface area contributed by atoms with E-state index in [1.54, 1.807) is 19.1 Å². The number of carbonyl (C=O) groups is 1. The molecule has 0 unspecified atom stereocenters. The Morgan fingerprint density at radius 3 is 2.44 bits per heavy atom. The minimum absolute atomic E-state index is 0.346. The van der Waals surface area contributed by atoms with Crippen molar-refractivity contribution < 1.29 is 9.53 Å². The zero-order valence-electron chi connectivity index (χ0n) is 10.2. The fourth-order valence-electron chi connectivity index (χ4n) is 1.77. The van der Waals surface area contributed by atoms with Crippen LogP contribution in [0.1, 0.15) is 17.3 Å². The number of nitrogens with two attached hydrogens (primary N) is 1. The molecule has 0 spiro atoms. The maximum Gasteiger partial charge on any atom is 0.340 e. The van der Waals surface area contributed by atoms with Gasteiger partial charge >= 0.3 is 5.97 Å². The first-order valence-corrected chi connectivity index (χ1v) is 5.84. The first-order valence-electron chi connectivity index (χ1n) is 5.84. The smallest absolute Gasteiger partial charge is 0.340 e. The number of rotatable bonds is 3. The van der Waals surface area contributed by atoms with E-state index in [1.807, 2.05) is 36.4 Å². The van der Waals surface area contributed by atoms with E-state index in [0.29, 0.717) is 17.9 Å². The van der Waals surface area contributed by atoms with Crippen LogP contribution in [-0.4, -0.2) is 12.6 Å². The van der Waals surface area contributed by atoms with E-state index in [2.05, 4.69) is 0 Å². The van der Waals surface area contributed by atoms with E-state index in [9.17, 15) is 4.79 Å². The standard InChI is InChI=1S/C15H15NO2/c1-2-18-15(17)13-9-8-12(10-14(13)16)11-6-4-3-5-7-11/h3-10H,2,16H2,1H3. The van der Waals surface area contributed by atoms with Crippen molar-refractivity contribution >= 4 is 11.7 Å². The van der Waals surface area contributed by atoms with Gasteiger partial charge in [-0.2, -0.15) is 0 Å². The highest BCUT2D eigenvalue weighted by Crippen LogP contribution is 2.24. The highest BCUT2D eigenvalue weighted by Gasteiger charge is 2.11. The average molecular weight is 241 g/mol. The molecule has 0 aliphatic carbocycles. The van der Waals surface area contributed by atoms with Gasteiger partial charge < -0.3 is 10.5 Å². The van der Waals surface area contributed by atoms with Crippen LogP contribution in [0.5, 0.6) is 0 Å². The fourth-order valence-corrected chi connectivity index (χ4v) is 1.77. The van der Waals surface area contributed by atoms with Gasteiger partial charge in [-0.3, -0.25) is 0 Å². The quantitative estimate of drug-likeness (QED) is 0.663. The first-order chi connectivity index (χ1) is 8.72. The second-order valence-corrected chi connectivity index (χ2v) is 3.89. The van der Waals surface area contributed by atoms with Gasteiger partial charge in [-0.25, -0.2) is 4.79 Å². The molecule has 0 radical (unpaired) electrons. The van der Waals surface area contributed by atoms with E-state index in [1.165, 1.54) is 0 Å². The Labute approximate surface area is 106 Å². The van der Waals surface area contributed by atoms with Crippen LogP contribution in [0.4, 0.5) is 5.69 Å². The van der Waals surface area contributed by atoms with Crippen LogP contribution in [0, 0.1) is 0 Å². The number of nitrogen functional groups attached to an aromatic ring is 1. The Bertz CT molecular complexity index is 550. The summed E-state index contributed by atoms with van der Waals surface area (Å²) in [5.41, 5.74) is 8.80. The largest absolute Gasteiger partial charge is 0.462 e. The van der Waals surface area contributed by atoms with E-state index in [0.717, 1.165) is 11.1 Å². The summed E-state index contributed by atoms with van der Waals surface area (Å²) >= 11 is 0. The second kappa shape index (κ2) is 5.36. The number of hydrogen-bond acceptors (Lipinski definition) is 3. The lowest BCUT2D eigenvalue weighted by atomic mass is 10.0. The van der Waals surface area contributed by atoms with Crippen LogP contribution < -0.4 is 5.73 Å². The summed E-state index contributed by atoms with van der Waals surface area (Å²) in [6.07, 6.45) is 0. The van der Waals surface area contributed by atoms with Crippen molar-refractivity contribution in [2.75, 3.05) is 12.3 Å². The van der Waals surface area contributed by atoms with Gasteiger partial charge in [0, 0.05) is 5.69 Å². The maximum absolute atomic E-state index is 11.6. The van der Waals surface area contributed by atoms with Gasteiger partial charge in [0.15, 0.2) is 0 Å². The molecule has 3 nitrogen and oxygen atoms in total. The molecule has 18 heavy (non-hydrogen) atoms. The molecule has 2 N–H and O–H groups in total. The van der Waals surface area contributed by atoms with Crippen molar-refractivity contribution in [2.45, 2.75) is 6.92 Å². The highest BCUT2D eigenvalue weighted by molar-refractivity contribution is 5.96. The second-order valence-electron chi connectivity index (χ2n) is 3.89. The van der Waals surface area contributed by atoms with Gasteiger partial charge in [-0.15, -0.1) is 0 Å². The van der Waals surface area contributed by atoms with Crippen molar-refractivity contribution in [3.8, 4) is 11.1 Å². The number of anilines is 1. The predicted octanol–water partition coefficient (Wildman–Crippen LogP) is 3.11. The van der Waals surface area contributed by atoms with Gasteiger partial charge in [0.1, 0.15) is 0 Å². The SMILES string of the molecule is CCOC(=O)c1ccc(-c2ccccc2)cc1N. The summed E-state index contributed by atoms with van der Waals surface area (Å²) in [5, 5.41) is 0. The molecule has 2 rings (SSSR count). The third-order valence-corrected chi connectivity index (χ3v) is 2.65. The predicted molar refractivity (Wildman–Crippen MR) is 72.2 cm³/mol. The minimum atomic E-state index is -0.380. The maximum atomic E-state index is 11.6. The molecule has 0 amide bonds. The number of esters is 1. The Morgan fingerprint density at radius 2 is 1.83 bits per heavy atom. The molecular formula is C15H15NO2. The molecule has 0 aromatic heterocycles. The number of ether oxygens (including phenoxy) is 1. The van der Waals surface area contributed by atoms with Gasteiger partial charge in [-0.1, -0.05) is 36.4 Å². The van der Waals surface area contributed by atoms with Crippen LogP contribution >= 0.6 is 0 Å². The third kappa shape index (κ3) is 2.51. The lowest BCUT2D eigenvalue weighted by Gasteiger charge is -2.08. The fraction of sp³-hybridized carbons (Fsp3) is 0.133. The molecule has 0 saturated carbocycles. The number of hydrogen-bond donors (Lipinski definition) is 1. The molecule has 0 saturated heterocycles. The zero-order valence-corrected chi connectivity index (χ0v) is 10.2. The zero-order chi connectivity index (χ0) is 13.0. The van der Waals surface area contributed by atoms with Gasteiger partial charge in [0.25, 0.3) is 0 Å². The molecule has 0 aliphatic rings. The Hall–Kier alpha value is -2.29. The van der Waals surface area contributed by atoms with E-state index in [4.69, 9.17) is 10.5 Å². The topological polar surface area (TPSA) is 52.3 Å². The molecule has 2 aromatic carbocycles. The molecular weight excluding hydrogens is 226 g/mol. The summed E-state index contributed by atoms with van der Waals surface area (Å²) in [6.45, 7) is 2.12. The van der Waals surface area contributed by atoms with Crippen LogP contribution in [-0.2, 0) is 4.74 Å². The number of benzene rings is 2. The summed E-state index contributed by atoms with van der Waals surface area (Å²) in [7, 11) is 0. The summed E-state index contributed by atoms with van der Waals surface area (Å²) in [6, 6.07) is 15.3. The van der Waals surface area contributed by atoms with E-state index in [-0.39, 0.29) is 5.97 Å². The van der Waals surface area contributed by atoms with Crippen molar-refractivity contribution in [1.29, 1.82) is 0 Å². The highest BCUT2D eigenvalue weighted by atomic mass is 16.5. The summed E-state index contributed by atoms with van der Waals surface area (Å²) in [5.74, 6) is -0.380. The lowest BCUT2D eigenvalue weighted by molar-refractivity contribution is 0.0527. The Kier molecular flexibility index (Phi) is 3.63. The number of carbonyl (C=O) groups excluding carboxylic acids is 1. The monoisotopic (exact) mass is 241 g/mol. The average Bonchev–Trinajstić information content (AvgIpc) is 2.40. The Morgan fingerprint density at radius 1 is 1.11 bits per heavy atom. The summed E-state index contributed by atoms with van der Waals surface area (Å²) < 4.78 is 4.94. The molecule has 0 heterocycles. The molecule has 2 aromatic rings. The summed E-state index contributed by atoms with van der Waals surface area (Å²) in [4.78, 5) is 11.6. The molecule has 0 aliphatic heterocycles.